The molecule has 0 radical (unpaired) electrons. The van der Waals surface area contributed by atoms with E-state index in [9.17, 15) is 0 Å². The number of hydrogen-bond acceptors (Lipinski definition) is 8. The average molecular weight is 332 g/mol. The van der Waals surface area contributed by atoms with Gasteiger partial charge in [-0.25, -0.2) is 29.9 Å². The first kappa shape index (κ1) is 14.7. The van der Waals surface area contributed by atoms with E-state index in [2.05, 4.69) is 39.9 Å². The second-order valence-corrected chi connectivity index (χ2v) is 5.56. The Labute approximate surface area is 134 Å². The second-order valence-electron chi connectivity index (χ2n) is 3.97. The van der Waals surface area contributed by atoms with E-state index in [1.54, 1.807) is 36.2 Å². The Morgan fingerprint density at radius 2 is 1.14 bits per heavy atom. The second kappa shape index (κ2) is 6.71. The van der Waals surface area contributed by atoms with Gasteiger partial charge in [0.05, 0.1) is 12.7 Å². The monoisotopic (exact) mass is 332 g/mol. The van der Waals surface area contributed by atoms with Crippen molar-refractivity contribution >= 4 is 45.9 Å². The van der Waals surface area contributed by atoms with Gasteiger partial charge in [-0.1, -0.05) is 0 Å². The molecule has 0 fully saturated rings. The summed E-state index contributed by atoms with van der Waals surface area (Å²) in [6, 6.07) is 0. The van der Waals surface area contributed by atoms with Gasteiger partial charge in [-0.3, -0.25) is 0 Å². The van der Waals surface area contributed by atoms with Crippen molar-refractivity contribution in [3.05, 3.63) is 25.3 Å². The zero-order valence-corrected chi connectivity index (χ0v) is 13.4. The van der Waals surface area contributed by atoms with E-state index in [4.69, 9.17) is 0 Å². The van der Waals surface area contributed by atoms with Crippen LogP contribution in [0.1, 0.15) is 0 Å². The van der Waals surface area contributed by atoms with Crippen molar-refractivity contribution in [1.82, 2.24) is 39.9 Å². The standard InChI is InChI=1S/2C6H6N4S/c2*1-11-6-4-5(8-2-7-4)9-3-10-6/h2*2-3H,1H3,(H,7,8,9,10). The maximum atomic E-state index is 4.08. The van der Waals surface area contributed by atoms with Crippen molar-refractivity contribution in [2.45, 2.75) is 10.1 Å². The van der Waals surface area contributed by atoms with Gasteiger partial charge in [0, 0.05) is 0 Å². The van der Waals surface area contributed by atoms with Crippen molar-refractivity contribution in [2.75, 3.05) is 12.5 Å². The summed E-state index contributed by atoms with van der Waals surface area (Å²) < 4.78 is 0. The van der Waals surface area contributed by atoms with Crippen LogP contribution in [-0.2, 0) is 0 Å². The topological polar surface area (TPSA) is 109 Å². The molecule has 0 bridgehead atoms. The summed E-state index contributed by atoms with van der Waals surface area (Å²) in [5.74, 6) is 0. The number of rotatable bonds is 2. The van der Waals surface area contributed by atoms with E-state index in [0.717, 1.165) is 32.4 Å². The zero-order valence-electron chi connectivity index (χ0n) is 11.8. The lowest BCUT2D eigenvalue weighted by molar-refractivity contribution is 1.09. The third-order valence-corrected chi connectivity index (χ3v) is 4.16. The minimum atomic E-state index is 0.726. The summed E-state index contributed by atoms with van der Waals surface area (Å²) in [5, 5.41) is 1.88. The first-order chi connectivity index (χ1) is 10.8. The summed E-state index contributed by atoms with van der Waals surface area (Å²) in [5.41, 5.74) is 3.29. The number of fused-ring (bicyclic) bond motifs is 2. The number of hydrogen-bond donors (Lipinski definition) is 2. The van der Waals surface area contributed by atoms with Crippen LogP contribution in [0, 0.1) is 0 Å². The minimum Gasteiger partial charge on any atom is -0.341 e. The Hall–Kier alpha value is -2.20. The van der Waals surface area contributed by atoms with Crippen LogP contribution >= 0.6 is 23.5 Å². The molecular formula is C12H12N8S2. The zero-order chi connectivity index (χ0) is 15.4. The van der Waals surface area contributed by atoms with Gasteiger partial charge in [-0.15, -0.1) is 23.5 Å². The van der Waals surface area contributed by atoms with Gasteiger partial charge in [0.2, 0.25) is 0 Å². The van der Waals surface area contributed by atoms with Gasteiger partial charge in [0.15, 0.2) is 11.3 Å². The number of nitrogens with one attached hydrogen (secondary N) is 2. The van der Waals surface area contributed by atoms with Gasteiger partial charge < -0.3 is 9.97 Å². The van der Waals surface area contributed by atoms with Crippen LogP contribution in [0.25, 0.3) is 22.3 Å². The fraction of sp³-hybridized carbons (Fsp3) is 0.167. The lowest BCUT2D eigenvalue weighted by Gasteiger charge is -1.93. The van der Waals surface area contributed by atoms with Gasteiger partial charge in [0.25, 0.3) is 0 Å². The summed E-state index contributed by atoms with van der Waals surface area (Å²) in [6.45, 7) is 0. The number of thioether (sulfide) groups is 2. The van der Waals surface area contributed by atoms with Crippen molar-refractivity contribution in [1.29, 1.82) is 0 Å². The highest BCUT2D eigenvalue weighted by Gasteiger charge is 2.03. The van der Waals surface area contributed by atoms with Crippen LogP contribution in [0.5, 0.6) is 0 Å². The molecule has 8 nitrogen and oxygen atoms in total. The molecule has 0 atom stereocenters. The van der Waals surface area contributed by atoms with E-state index in [0.29, 0.717) is 0 Å². The molecule has 0 spiro atoms. The summed E-state index contributed by atoms with van der Waals surface area (Å²) in [7, 11) is 0. The van der Waals surface area contributed by atoms with Gasteiger partial charge in [-0.2, -0.15) is 0 Å². The molecule has 0 aliphatic carbocycles. The van der Waals surface area contributed by atoms with Crippen molar-refractivity contribution < 1.29 is 0 Å². The number of aromatic nitrogens is 8. The van der Waals surface area contributed by atoms with Crippen LogP contribution in [0.15, 0.2) is 35.4 Å². The molecule has 4 aromatic rings. The van der Waals surface area contributed by atoms with Crippen LogP contribution in [0.4, 0.5) is 0 Å². The minimum absolute atomic E-state index is 0.726. The summed E-state index contributed by atoms with van der Waals surface area (Å²) in [4.78, 5) is 30.1. The largest absolute Gasteiger partial charge is 0.341 e. The Balaban J connectivity index is 0.000000131. The molecule has 0 unspecified atom stereocenters. The van der Waals surface area contributed by atoms with Gasteiger partial charge in [0.1, 0.15) is 33.7 Å². The maximum absolute atomic E-state index is 4.08. The van der Waals surface area contributed by atoms with Crippen molar-refractivity contribution in [3.63, 3.8) is 0 Å². The number of imidazole rings is 2. The molecule has 0 amide bonds. The lowest BCUT2D eigenvalue weighted by Crippen LogP contribution is -1.83. The summed E-state index contributed by atoms with van der Waals surface area (Å²) >= 11 is 3.16. The number of H-pyrrole nitrogens is 2. The smallest absolute Gasteiger partial charge is 0.181 e. The molecule has 10 heteroatoms. The van der Waals surface area contributed by atoms with Crippen molar-refractivity contribution in [3.8, 4) is 0 Å². The summed E-state index contributed by atoms with van der Waals surface area (Å²) in [6.07, 6.45) is 10.2. The van der Waals surface area contributed by atoms with E-state index >= 15 is 0 Å². The Kier molecular flexibility index (Phi) is 4.49. The maximum Gasteiger partial charge on any atom is 0.181 e. The van der Waals surface area contributed by atoms with E-state index < -0.39 is 0 Å². The Bertz CT molecular complexity index is 813. The molecule has 22 heavy (non-hydrogen) atoms. The number of aromatic amines is 2. The molecule has 0 aliphatic heterocycles. The van der Waals surface area contributed by atoms with Gasteiger partial charge in [-0.05, 0) is 12.5 Å². The van der Waals surface area contributed by atoms with E-state index in [-0.39, 0.29) is 0 Å². The first-order valence-corrected chi connectivity index (χ1v) is 8.64. The van der Waals surface area contributed by atoms with Crippen LogP contribution in [0.3, 0.4) is 0 Å². The molecule has 4 aromatic heterocycles. The average Bonchev–Trinajstić information content (AvgIpc) is 3.23. The molecular weight excluding hydrogens is 320 g/mol. The molecule has 0 aliphatic rings. The quantitative estimate of drug-likeness (QED) is 0.424. The third-order valence-electron chi connectivity index (χ3n) is 2.76. The van der Waals surface area contributed by atoms with E-state index in [1.807, 2.05) is 12.5 Å². The SMILES string of the molecule is CSc1ncnc2nc[nH]c12.CSc1ncnc2nc[nH]c12. The van der Waals surface area contributed by atoms with Crippen LogP contribution < -0.4 is 0 Å². The lowest BCUT2D eigenvalue weighted by atomic mass is 10.6. The fourth-order valence-electron chi connectivity index (χ4n) is 1.80. The van der Waals surface area contributed by atoms with Crippen LogP contribution in [-0.4, -0.2) is 52.4 Å². The molecule has 4 rings (SSSR count). The highest BCUT2D eigenvalue weighted by atomic mass is 32.2. The Morgan fingerprint density at radius 3 is 1.55 bits per heavy atom. The van der Waals surface area contributed by atoms with Crippen LogP contribution in [0.2, 0.25) is 0 Å². The Morgan fingerprint density at radius 1 is 0.682 bits per heavy atom. The predicted octanol–water partition coefficient (Wildman–Crippen LogP) is 2.15. The molecule has 2 N–H and O–H groups in total. The third kappa shape index (κ3) is 2.88. The first-order valence-electron chi connectivity index (χ1n) is 6.19. The predicted molar refractivity (Wildman–Crippen MR) is 86.9 cm³/mol. The molecule has 112 valence electrons. The highest BCUT2D eigenvalue weighted by Crippen LogP contribution is 2.18. The van der Waals surface area contributed by atoms with Crippen molar-refractivity contribution in [2.24, 2.45) is 0 Å². The fourth-order valence-corrected chi connectivity index (χ4v) is 2.81. The normalized spacial score (nSPS) is 10.6. The van der Waals surface area contributed by atoms with Gasteiger partial charge >= 0.3 is 0 Å². The molecule has 0 saturated carbocycles. The number of nitrogens with zero attached hydrogens (tertiary/aromatic N) is 6. The molecule has 0 aromatic carbocycles. The molecule has 0 saturated heterocycles. The highest BCUT2D eigenvalue weighted by molar-refractivity contribution is 7.99. The molecule has 4 heterocycles. The van der Waals surface area contributed by atoms with E-state index in [1.165, 1.54) is 12.7 Å².